The van der Waals surface area contributed by atoms with Crippen LogP contribution in [-0.4, -0.2) is 42.5 Å². The molecule has 1 aromatic heterocycles. The lowest BCUT2D eigenvalue weighted by atomic mass is 10.1. The van der Waals surface area contributed by atoms with E-state index >= 15 is 0 Å². The molecule has 0 fully saturated rings. The van der Waals surface area contributed by atoms with Crippen LogP contribution in [0.15, 0.2) is 40.9 Å². The minimum atomic E-state index is -0.460. The normalized spacial score (nSPS) is 12.0. The molecule has 0 bridgehead atoms. The molecule has 0 aliphatic heterocycles. The standard InChI is InChI=1S/C16H20N4O3/c1-11-9-13(19-23-11)18-14(21)10-17-16(22)15(20(2)3)12-7-5-4-6-8-12/h4-9,15H,10H2,1-3H3,(H,17,22)(H,18,19,21). The monoisotopic (exact) mass is 316 g/mol. The summed E-state index contributed by atoms with van der Waals surface area (Å²) in [5, 5.41) is 8.86. The molecule has 7 nitrogen and oxygen atoms in total. The number of hydrogen-bond acceptors (Lipinski definition) is 5. The SMILES string of the molecule is Cc1cc(NC(=O)CNC(=O)C(c2ccccc2)N(C)C)no1. The van der Waals surface area contributed by atoms with Gasteiger partial charge in [0.1, 0.15) is 11.8 Å². The van der Waals surface area contributed by atoms with Crippen LogP contribution in [0.25, 0.3) is 0 Å². The minimum absolute atomic E-state index is 0.137. The highest BCUT2D eigenvalue weighted by Gasteiger charge is 2.23. The first kappa shape index (κ1) is 16.7. The van der Waals surface area contributed by atoms with Gasteiger partial charge in [0, 0.05) is 6.07 Å². The van der Waals surface area contributed by atoms with E-state index in [4.69, 9.17) is 4.52 Å². The van der Waals surface area contributed by atoms with Gasteiger partial charge in [0.25, 0.3) is 0 Å². The molecule has 1 heterocycles. The van der Waals surface area contributed by atoms with E-state index in [1.807, 2.05) is 44.4 Å². The third-order valence-corrected chi connectivity index (χ3v) is 3.20. The van der Waals surface area contributed by atoms with Crippen molar-refractivity contribution in [3.05, 3.63) is 47.7 Å². The average molecular weight is 316 g/mol. The largest absolute Gasteiger partial charge is 0.360 e. The van der Waals surface area contributed by atoms with Gasteiger partial charge >= 0.3 is 0 Å². The summed E-state index contributed by atoms with van der Waals surface area (Å²) < 4.78 is 4.86. The molecule has 2 aromatic rings. The molecule has 2 N–H and O–H groups in total. The lowest BCUT2D eigenvalue weighted by Crippen LogP contribution is -2.40. The van der Waals surface area contributed by atoms with Crippen molar-refractivity contribution in [3.63, 3.8) is 0 Å². The summed E-state index contributed by atoms with van der Waals surface area (Å²) in [6, 6.07) is 10.5. The molecule has 0 radical (unpaired) electrons. The zero-order chi connectivity index (χ0) is 16.8. The number of amides is 2. The lowest BCUT2D eigenvalue weighted by Gasteiger charge is -2.23. The predicted molar refractivity (Wildman–Crippen MR) is 85.7 cm³/mol. The van der Waals surface area contributed by atoms with Crippen molar-refractivity contribution < 1.29 is 14.1 Å². The molecule has 2 rings (SSSR count). The van der Waals surface area contributed by atoms with E-state index < -0.39 is 6.04 Å². The van der Waals surface area contributed by atoms with Crippen molar-refractivity contribution in [2.45, 2.75) is 13.0 Å². The smallest absolute Gasteiger partial charge is 0.245 e. The number of carbonyl (C=O) groups excluding carboxylic acids is 2. The molecule has 7 heteroatoms. The highest BCUT2D eigenvalue weighted by molar-refractivity contribution is 5.94. The maximum Gasteiger partial charge on any atom is 0.245 e. The Morgan fingerprint density at radius 3 is 2.52 bits per heavy atom. The summed E-state index contributed by atoms with van der Waals surface area (Å²) in [6.45, 7) is 1.59. The van der Waals surface area contributed by atoms with Gasteiger partial charge in [0.2, 0.25) is 11.8 Å². The van der Waals surface area contributed by atoms with Gasteiger partial charge in [-0.25, -0.2) is 0 Å². The molecule has 1 atom stereocenters. The third-order valence-electron chi connectivity index (χ3n) is 3.20. The number of nitrogens with zero attached hydrogens (tertiary/aromatic N) is 2. The Morgan fingerprint density at radius 2 is 1.96 bits per heavy atom. The molecular weight excluding hydrogens is 296 g/mol. The highest BCUT2D eigenvalue weighted by Crippen LogP contribution is 2.17. The first-order valence-electron chi connectivity index (χ1n) is 7.19. The Labute approximate surface area is 134 Å². The van der Waals surface area contributed by atoms with Crippen LogP contribution in [0.5, 0.6) is 0 Å². The Kier molecular flexibility index (Phi) is 5.48. The average Bonchev–Trinajstić information content (AvgIpc) is 2.91. The molecule has 122 valence electrons. The first-order valence-corrected chi connectivity index (χ1v) is 7.19. The van der Waals surface area contributed by atoms with Crippen LogP contribution in [0.3, 0.4) is 0 Å². The number of carbonyl (C=O) groups is 2. The molecule has 1 aromatic carbocycles. The van der Waals surface area contributed by atoms with Gasteiger partial charge in [0.15, 0.2) is 5.82 Å². The van der Waals surface area contributed by atoms with E-state index in [0.29, 0.717) is 11.6 Å². The second kappa shape index (κ2) is 7.55. The van der Waals surface area contributed by atoms with Crippen LogP contribution in [0.4, 0.5) is 5.82 Å². The van der Waals surface area contributed by atoms with Gasteiger partial charge in [-0.1, -0.05) is 35.5 Å². The van der Waals surface area contributed by atoms with E-state index in [0.717, 1.165) is 5.56 Å². The van der Waals surface area contributed by atoms with Crippen molar-refractivity contribution in [2.24, 2.45) is 0 Å². The number of aryl methyl sites for hydroxylation is 1. The summed E-state index contributed by atoms with van der Waals surface area (Å²) in [4.78, 5) is 26.0. The number of hydrogen-bond donors (Lipinski definition) is 2. The second-order valence-corrected chi connectivity index (χ2v) is 5.37. The van der Waals surface area contributed by atoms with Crippen LogP contribution in [0, 0.1) is 6.92 Å². The van der Waals surface area contributed by atoms with Gasteiger partial charge in [-0.3, -0.25) is 14.5 Å². The first-order chi connectivity index (χ1) is 11.0. The lowest BCUT2D eigenvalue weighted by molar-refractivity contribution is -0.127. The van der Waals surface area contributed by atoms with Gasteiger partial charge in [-0.2, -0.15) is 0 Å². The van der Waals surface area contributed by atoms with Crippen LogP contribution in [0.2, 0.25) is 0 Å². The number of aromatic nitrogens is 1. The fourth-order valence-electron chi connectivity index (χ4n) is 2.20. The summed E-state index contributed by atoms with van der Waals surface area (Å²) in [6.07, 6.45) is 0. The summed E-state index contributed by atoms with van der Waals surface area (Å²) in [5.74, 6) is 0.319. The van der Waals surface area contributed by atoms with Gasteiger partial charge in [-0.15, -0.1) is 0 Å². The number of nitrogens with one attached hydrogen (secondary N) is 2. The minimum Gasteiger partial charge on any atom is -0.360 e. The van der Waals surface area contributed by atoms with Gasteiger partial charge < -0.3 is 15.2 Å². The molecule has 0 saturated carbocycles. The van der Waals surface area contributed by atoms with Crippen molar-refractivity contribution in [3.8, 4) is 0 Å². The quantitative estimate of drug-likeness (QED) is 0.840. The van der Waals surface area contributed by atoms with Crippen LogP contribution in [-0.2, 0) is 9.59 Å². The van der Waals surface area contributed by atoms with Crippen LogP contribution in [0.1, 0.15) is 17.4 Å². The van der Waals surface area contributed by atoms with E-state index in [1.165, 1.54) is 0 Å². The van der Waals surface area contributed by atoms with Crippen molar-refractivity contribution in [2.75, 3.05) is 26.0 Å². The van der Waals surface area contributed by atoms with E-state index in [1.54, 1.807) is 17.9 Å². The Hall–Kier alpha value is -2.67. The molecular formula is C16H20N4O3. The van der Waals surface area contributed by atoms with Crippen LogP contribution >= 0.6 is 0 Å². The van der Waals surface area contributed by atoms with Crippen LogP contribution < -0.4 is 10.6 Å². The molecule has 0 aliphatic rings. The van der Waals surface area contributed by atoms with E-state index in [9.17, 15) is 9.59 Å². The van der Waals surface area contributed by atoms with E-state index in [2.05, 4.69) is 15.8 Å². The van der Waals surface area contributed by atoms with Crippen molar-refractivity contribution in [1.29, 1.82) is 0 Å². The zero-order valence-corrected chi connectivity index (χ0v) is 13.4. The van der Waals surface area contributed by atoms with Gasteiger partial charge in [-0.05, 0) is 26.6 Å². The summed E-state index contributed by atoms with van der Waals surface area (Å²) >= 11 is 0. The Bertz CT molecular complexity index is 667. The maximum absolute atomic E-state index is 12.4. The second-order valence-electron chi connectivity index (χ2n) is 5.37. The maximum atomic E-state index is 12.4. The summed E-state index contributed by atoms with van der Waals surface area (Å²) in [5.41, 5.74) is 0.863. The molecule has 0 aliphatic carbocycles. The molecule has 0 saturated heterocycles. The number of rotatable bonds is 6. The topological polar surface area (TPSA) is 87.5 Å². The Balaban J connectivity index is 1.93. The fourth-order valence-corrected chi connectivity index (χ4v) is 2.20. The zero-order valence-electron chi connectivity index (χ0n) is 13.4. The fraction of sp³-hybridized carbons (Fsp3) is 0.312. The predicted octanol–water partition coefficient (Wildman–Crippen LogP) is 1.34. The summed E-state index contributed by atoms with van der Waals surface area (Å²) in [7, 11) is 3.63. The van der Waals surface area contributed by atoms with E-state index in [-0.39, 0.29) is 18.4 Å². The van der Waals surface area contributed by atoms with Crippen molar-refractivity contribution >= 4 is 17.6 Å². The number of benzene rings is 1. The number of likely N-dealkylation sites (N-methyl/N-ethyl adjacent to an activating group) is 1. The molecule has 23 heavy (non-hydrogen) atoms. The number of anilines is 1. The highest BCUT2D eigenvalue weighted by atomic mass is 16.5. The molecule has 2 amide bonds. The Morgan fingerprint density at radius 1 is 1.26 bits per heavy atom. The molecule has 0 spiro atoms. The third kappa shape index (κ3) is 4.65. The molecule has 1 unspecified atom stereocenters. The van der Waals surface area contributed by atoms with Gasteiger partial charge in [0.05, 0.1) is 6.54 Å². The van der Waals surface area contributed by atoms with Crippen molar-refractivity contribution in [1.82, 2.24) is 15.4 Å².